The molecule has 0 aliphatic rings. The van der Waals surface area contributed by atoms with E-state index in [0.717, 1.165) is 0 Å². The first kappa shape index (κ1) is 16.7. The molecule has 102 valence electrons. The van der Waals surface area contributed by atoms with Gasteiger partial charge in [0, 0.05) is 6.61 Å². The van der Waals surface area contributed by atoms with Crippen molar-refractivity contribution in [1.82, 2.24) is 4.72 Å². The third kappa shape index (κ3) is 8.42. The predicted molar refractivity (Wildman–Crippen MR) is 67.8 cm³/mol. The average molecular weight is 285 g/mol. The van der Waals surface area contributed by atoms with Crippen molar-refractivity contribution in [2.24, 2.45) is 0 Å². The molecule has 0 heterocycles. The zero-order valence-electron chi connectivity index (χ0n) is 10.0. The largest absolute Gasteiger partial charge is 0.480 e. The summed E-state index contributed by atoms with van der Waals surface area (Å²) in [5.41, 5.74) is 0. The van der Waals surface area contributed by atoms with Crippen LogP contribution in [0.1, 0.15) is 13.3 Å². The van der Waals surface area contributed by atoms with Crippen molar-refractivity contribution in [3.8, 4) is 0 Å². The normalized spacial score (nSPS) is 13.5. The second-order valence-corrected chi connectivity index (χ2v) is 6.16. The standard InChI is InChI=1S/C9H19NO5S2/c1-3-15-5-7-17(13,14)10-8(9(11)12)4-6-16-2/h8,10H,3-7H2,1-2H3,(H,11,12)/t8-/m1/s1. The van der Waals surface area contributed by atoms with Crippen molar-refractivity contribution in [3.63, 3.8) is 0 Å². The molecule has 0 aromatic rings. The summed E-state index contributed by atoms with van der Waals surface area (Å²) in [5.74, 6) is -0.784. The van der Waals surface area contributed by atoms with Crippen molar-refractivity contribution < 1.29 is 23.1 Å². The first-order chi connectivity index (χ1) is 7.93. The maximum Gasteiger partial charge on any atom is 0.321 e. The molecule has 8 heteroatoms. The maximum absolute atomic E-state index is 11.5. The summed E-state index contributed by atoms with van der Waals surface area (Å²) in [7, 11) is -3.59. The summed E-state index contributed by atoms with van der Waals surface area (Å²) in [6.07, 6.45) is 2.10. The highest BCUT2D eigenvalue weighted by Gasteiger charge is 2.23. The van der Waals surface area contributed by atoms with E-state index in [0.29, 0.717) is 12.4 Å². The Kier molecular flexibility index (Phi) is 8.57. The van der Waals surface area contributed by atoms with E-state index in [1.165, 1.54) is 11.8 Å². The quantitative estimate of drug-likeness (QED) is 0.555. The fourth-order valence-electron chi connectivity index (χ4n) is 1.06. The van der Waals surface area contributed by atoms with Gasteiger partial charge in [-0.15, -0.1) is 0 Å². The van der Waals surface area contributed by atoms with Gasteiger partial charge < -0.3 is 9.84 Å². The molecule has 1 atom stereocenters. The first-order valence-corrected chi connectivity index (χ1v) is 8.27. The molecule has 0 aliphatic carbocycles. The van der Waals surface area contributed by atoms with E-state index in [2.05, 4.69) is 4.72 Å². The van der Waals surface area contributed by atoms with Gasteiger partial charge in [0.2, 0.25) is 10.0 Å². The fraction of sp³-hybridized carbons (Fsp3) is 0.889. The number of carboxylic acid groups (broad SMARTS) is 1. The monoisotopic (exact) mass is 285 g/mol. The number of sulfonamides is 1. The molecule has 0 amide bonds. The van der Waals surface area contributed by atoms with Crippen LogP contribution in [0.25, 0.3) is 0 Å². The molecule has 0 aliphatic heterocycles. The summed E-state index contributed by atoms with van der Waals surface area (Å²) in [6, 6.07) is -1.06. The van der Waals surface area contributed by atoms with Crippen molar-refractivity contribution >= 4 is 27.8 Å². The molecule has 0 radical (unpaired) electrons. The molecule has 0 aromatic carbocycles. The van der Waals surface area contributed by atoms with Crippen LogP contribution in [0.15, 0.2) is 0 Å². The van der Waals surface area contributed by atoms with E-state index >= 15 is 0 Å². The SMILES string of the molecule is CCOCCS(=O)(=O)N[C@H](CCSC)C(=O)O. The topological polar surface area (TPSA) is 92.7 Å². The summed E-state index contributed by atoms with van der Waals surface area (Å²) >= 11 is 1.47. The van der Waals surface area contributed by atoms with E-state index in [4.69, 9.17) is 9.84 Å². The molecule has 17 heavy (non-hydrogen) atoms. The molecule has 0 rings (SSSR count). The summed E-state index contributed by atoms with van der Waals surface area (Å²) in [5, 5.41) is 8.87. The van der Waals surface area contributed by atoms with Gasteiger partial charge in [-0.05, 0) is 25.4 Å². The van der Waals surface area contributed by atoms with Gasteiger partial charge >= 0.3 is 5.97 Å². The van der Waals surface area contributed by atoms with Gasteiger partial charge in [0.1, 0.15) is 6.04 Å². The lowest BCUT2D eigenvalue weighted by Gasteiger charge is -2.14. The highest BCUT2D eigenvalue weighted by molar-refractivity contribution is 7.98. The van der Waals surface area contributed by atoms with Crippen molar-refractivity contribution in [2.75, 3.05) is 31.0 Å². The molecule has 0 unspecified atom stereocenters. The van der Waals surface area contributed by atoms with Crippen LogP contribution in [-0.4, -0.2) is 56.5 Å². The molecule has 0 saturated heterocycles. The number of aliphatic carboxylic acids is 1. The number of nitrogens with one attached hydrogen (secondary N) is 1. The Hall–Kier alpha value is -0.310. The summed E-state index contributed by atoms with van der Waals surface area (Å²) in [6.45, 7) is 2.27. The first-order valence-electron chi connectivity index (χ1n) is 5.22. The number of ether oxygens (including phenoxy) is 1. The summed E-state index contributed by atoms with van der Waals surface area (Å²) < 4.78 is 30.1. The number of rotatable bonds is 10. The van der Waals surface area contributed by atoms with E-state index in [1.54, 1.807) is 6.92 Å². The number of hydrogen-bond donors (Lipinski definition) is 2. The smallest absolute Gasteiger partial charge is 0.321 e. The Morgan fingerprint density at radius 2 is 2.18 bits per heavy atom. The van der Waals surface area contributed by atoms with Crippen LogP contribution in [0.5, 0.6) is 0 Å². The van der Waals surface area contributed by atoms with Gasteiger partial charge in [0.15, 0.2) is 0 Å². The third-order valence-electron chi connectivity index (χ3n) is 1.93. The third-order valence-corrected chi connectivity index (χ3v) is 3.92. The minimum Gasteiger partial charge on any atom is -0.480 e. The Morgan fingerprint density at radius 1 is 1.53 bits per heavy atom. The number of hydrogen-bond acceptors (Lipinski definition) is 5. The molecule has 0 aromatic heterocycles. The van der Waals surface area contributed by atoms with Crippen molar-refractivity contribution in [2.45, 2.75) is 19.4 Å². The van der Waals surface area contributed by atoms with Gasteiger partial charge in [-0.25, -0.2) is 13.1 Å². The van der Waals surface area contributed by atoms with Crippen LogP contribution in [-0.2, 0) is 19.6 Å². The average Bonchev–Trinajstić information content (AvgIpc) is 2.24. The van der Waals surface area contributed by atoms with E-state index in [-0.39, 0.29) is 18.8 Å². The van der Waals surface area contributed by atoms with Gasteiger partial charge in [-0.2, -0.15) is 11.8 Å². The van der Waals surface area contributed by atoms with Crippen LogP contribution in [0.3, 0.4) is 0 Å². The number of thioether (sulfide) groups is 1. The predicted octanol–water partition coefficient (Wildman–Crippen LogP) is 0.149. The molecule has 0 spiro atoms. The Balaban J connectivity index is 4.27. The minimum atomic E-state index is -3.59. The molecule has 0 fully saturated rings. The van der Waals surface area contributed by atoms with Gasteiger partial charge in [0.25, 0.3) is 0 Å². The highest BCUT2D eigenvalue weighted by Crippen LogP contribution is 2.02. The highest BCUT2D eigenvalue weighted by atomic mass is 32.2. The molecular weight excluding hydrogens is 266 g/mol. The number of carbonyl (C=O) groups is 1. The van der Waals surface area contributed by atoms with Gasteiger partial charge in [0.05, 0.1) is 12.4 Å². The maximum atomic E-state index is 11.5. The molecule has 6 nitrogen and oxygen atoms in total. The Morgan fingerprint density at radius 3 is 2.65 bits per heavy atom. The van der Waals surface area contributed by atoms with E-state index in [9.17, 15) is 13.2 Å². The fourth-order valence-corrected chi connectivity index (χ4v) is 2.64. The zero-order valence-corrected chi connectivity index (χ0v) is 11.6. The van der Waals surface area contributed by atoms with E-state index in [1.807, 2.05) is 6.26 Å². The Bertz CT molecular complexity index is 317. The van der Waals surface area contributed by atoms with Crippen LogP contribution in [0, 0.1) is 0 Å². The van der Waals surface area contributed by atoms with Crippen molar-refractivity contribution in [3.05, 3.63) is 0 Å². The molecule has 2 N–H and O–H groups in total. The lowest BCUT2D eigenvalue weighted by Crippen LogP contribution is -2.42. The van der Waals surface area contributed by atoms with Crippen LogP contribution >= 0.6 is 11.8 Å². The van der Waals surface area contributed by atoms with Crippen LogP contribution in [0.2, 0.25) is 0 Å². The zero-order chi connectivity index (χ0) is 13.3. The molecule has 0 bridgehead atoms. The van der Waals surface area contributed by atoms with E-state index < -0.39 is 22.0 Å². The van der Waals surface area contributed by atoms with Crippen LogP contribution in [0.4, 0.5) is 0 Å². The summed E-state index contributed by atoms with van der Waals surface area (Å²) in [4.78, 5) is 10.8. The molecule has 0 saturated carbocycles. The molecular formula is C9H19NO5S2. The Labute approximate surface area is 106 Å². The number of carboxylic acids is 1. The lowest BCUT2D eigenvalue weighted by molar-refractivity contribution is -0.139. The lowest BCUT2D eigenvalue weighted by atomic mass is 10.2. The van der Waals surface area contributed by atoms with Gasteiger partial charge in [-0.3, -0.25) is 4.79 Å². The van der Waals surface area contributed by atoms with Gasteiger partial charge in [-0.1, -0.05) is 0 Å². The van der Waals surface area contributed by atoms with Crippen molar-refractivity contribution in [1.29, 1.82) is 0 Å². The second-order valence-electron chi connectivity index (χ2n) is 3.31. The second kappa shape index (κ2) is 8.73. The van der Waals surface area contributed by atoms with Crippen LogP contribution < -0.4 is 4.72 Å². The minimum absolute atomic E-state index is 0.0701.